The van der Waals surface area contributed by atoms with Crippen molar-refractivity contribution in [1.82, 2.24) is 14.8 Å². The number of benzene rings is 1. The second-order valence-electron chi connectivity index (χ2n) is 8.96. The van der Waals surface area contributed by atoms with Gasteiger partial charge >= 0.3 is 0 Å². The van der Waals surface area contributed by atoms with Crippen molar-refractivity contribution in [3.05, 3.63) is 53.6 Å². The van der Waals surface area contributed by atoms with Crippen LogP contribution in [-0.2, 0) is 9.59 Å². The summed E-state index contributed by atoms with van der Waals surface area (Å²) in [6.07, 6.45) is 3.44. The topological polar surface area (TPSA) is 65.5 Å². The molecular weight excluding hydrogens is 407 g/mol. The van der Waals surface area contributed by atoms with E-state index in [2.05, 4.69) is 5.32 Å². The predicted molar refractivity (Wildman–Crippen MR) is 122 cm³/mol. The molecule has 2 amide bonds. The lowest BCUT2D eigenvalue weighted by Crippen LogP contribution is -2.46. The van der Waals surface area contributed by atoms with Crippen LogP contribution in [0.4, 0.5) is 15.8 Å². The third-order valence-corrected chi connectivity index (χ3v) is 6.55. The maximum absolute atomic E-state index is 13.2. The monoisotopic (exact) mass is 438 g/mol. The van der Waals surface area contributed by atoms with Crippen LogP contribution in [0.15, 0.2) is 36.4 Å². The van der Waals surface area contributed by atoms with Gasteiger partial charge in [0.1, 0.15) is 5.82 Å². The molecule has 6 nitrogen and oxygen atoms in total. The number of nitrogens with zero attached hydrogens (tertiary/aromatic N) is 3. The minimum absolute atomic E-state index is 0.00511. The summed E-state index contributed by atoms with van der Waals surface area (Å²) in [5, 5.41) is 3.33. The molecule has 0 spiro atoms. The second-order valence-corrected chi connectivity index (χ2v) is 8.96. The molecule has 1 atom stereocenters. The number of nitrogens with one attached hydrogen (secondary N) is 1. The number of likely N-dealkylation sites (tertiary alicyclic amines) is 2. The molecule has 1 aromatic carbocycles. The molecular formula is C25H31FN4O2. The Morgan fingerprint density at radius 1 is 1.00 bits per heavy atom. The lowest BCUT2D eigenvalue weighted by molar-refractivity contribution is -0.141. The van der Waals surface area contributed by atoms with Crippen LogP contribution in [0, 0.1) is 18.7 Å². The highest BCUT2D eigenvalue weighted by Crippen LogP contribution is 2.30. The third-order valence-electron chi connectivity index (χ3n) is 6.55. The van der Waals surface area contributed by atoms with Gasteiger partial charge in [-0.15, -0.1) is 0 Å². The number of anilines is 2. The highest BCUT2D eigenvalue weighted by Gasteiger charge is 2.32. The van der Waals surface area contributed by atoms with E-state index in [0.29, 0.717) is 19.6 Å². The summed E-state index contributed by atoms with van der Waals surface area (Å²) in [5.74, 6) is 0.241. The van der Waals surface area contributed by atoms with Crippen molar-refractivity contribution in [3.63, 3.8) is 0 Å². The van der Waals surface area contributed by atoms with Crippen molar-refractivity contribution in [2.75, 3.05) is 31.5 Å². The number of amides is 2. The predicted octanol–water partition coefficient (Wildman–Crippen LogP) is 4.24. The number of halogens is 1. The molecule has 32 heavy (non-hydrogen) atoms. The number of hydrogen-bond donors (Lipinski definition) is 1. The van der Waals surface area contributed by atoms with Crippen LogP contribution in [0.3, 0.4) is 0 Å². The third kappa shape index (κ3) is 5.26. The Labute approximate surface area is 188 Å². The van der Waals surface area contributed by atoms with Crippen molar-refractivity contribution in [2.24, 2.45) is 5.92 Å². The lowest BCUT2D eigenvalue weighted by atomic mass is 9.90. The fraction of sp³-hybridized carbons (Fsp3) is 0.480. The first kappa shape index (κ1) is 22.2. The van der Waals surface area contributed by atoms with Crippen LogP contribution in [-0.4, -0.2) is 52.8 Å². The van der Waals surface area contributed by atoms with Gasteiger partial charge in [-0.25, -0.2) is 4.39 Å². The first-order chi connectivity index (χ1) is 15.4. The second kappa shape index (κ2) is 9.67. The molecule has 0 unspecified atom stereocenters. The van der Waals surface area contributed by atoms with Crippen molar-refractivity contribution < 1.29 is 14.0 Å². The van der Waals surface area contributed by atoms with Crippen LogP contribution in [0.5, 0.6) is 0 Å². The van der Waals surface area contributed by atoms with E-state index >= 15 is 0 Å². The number of piperidine rings is 2. The smallest absolute Gasteiger partial charge is 0.225 e. The van der Waals surface area contributed by atoms with Gasteiger partial charge in [-0.3, -0.25) is 14.6 Å². The Bertz CT molecular complexity index is 970. The number of pyridine rings is 1. The fourth-order valence-electron chi connectivity index (χ4n) is 4.79. The molecule has 0 bridgehead atoms. The molecule has 0 saturated carbocycles. The Balaban J connectivity index is 1.42. The lowest BCUT2D eigenvalue weighted by Gasteiger charge is -2.37. The van der Waals surface area contributed by atoms with Gasteiger partial charge < -0.3 is 15.1 Å². The van der Waals surface area contributed by atoms with E-state index in [1.54, 1.807) is 19.1 Å². The summed E-state index contributed by atoms with van der Waals surface area (Å²) in [6, 6.07) is 10.3. The zero-order valence-corrected chi connectivity index (χ0v) is 18.8. The molecule has 2 aliphatic rings. The largest absolute Gasteiger partial charge is 0.355 e. The molecule has 0 radical (unpaired) electrons. The van der Waals surface area contributed by atoms with E-state index in [4.69, 9.17) is 4.98 Å². The summed E-state index contributed by atoms with van der Waals surface area (Å²) in [6.45, 7) is 6.36. The Hall–Kier alpha value is -2.96. The van der Waals surface area contributed by atoms with Gasteiger partial charge in [-0.2, -0.15) is 0 Å². The van der Waals surface area contributed by atoms with Crippen LogP contribution in [0.2, 0.25) is 0 Å². The normalized spacial score (nSPS) is 19.7. The van der Waals surface area contributed by atoms with Gasteiger partial charge in [0, 0.05) is 67.7 Å². The van der Waals surface area contributed by atoms with Crippen molar-refractivity contribution in [1.29, 1.82) is 0 Å². The molecule has 7 heteroatoms. The molecule has 2 aliphatic heterocycles. The minimum Gasteiger partial charge on any atom is -0.355 e. The molecule has 2 saturated heterocycles. The number of rotatable bonds is 4. The van der Waals surface area contributed by atoms with E-state index < -0.39 is 0 Å². The number of aryl methyl sites for hydroxylation is 1. The van der Waals surface area contributed by atoms with Gasteiger partial charge in [0.2, 0.25) is 11.8 Å². The van der Waals surface area contributed by atoms with Gasteiger partial charge in [0.25, 0.3) is 0 Å². The van der Waals surface area contributed by atoms with Crippen LogP contribution < -0.4 is 5.32 Å². The summed E-state index contributed by atoms with van der Waals surface area (Å²) in [5.41, 5.74) is 3.63. The van der Waals surface area contributed by atoms with Crippen molar-refractivity contribution >= 4 is 23.2 Å². The molecule has 1 aromatic heterocycles. The van der Waals surface area contributed by atoms with E-state index in [1.807, 2.05) is 28.9 Å². The van der Waals surface area contributed by atoms with Crippen LogP contribution in [0.25, 0.3) is 0 Å². The van der Waals surface area contributed by atoms with E-state index in [0.717, 1.165) is 55.0 Å². The number of aromatic nitrogens is 1. The molecule has 170 valence electrons. The van der Waals surface area contributed by atoms with Gasteiger partial charge in [-0.05, 0) is 69.0 Å². The number of carbonyl (C=O) groups excluding carboxylic acids is 2. The van der Waals surface area contributed by atoms with Crippen molar-refractivity contribution in [2.45, 2.75) is 45.4 Å². The maximum atomic E-state index is 13.2. The average molecular weight is 439 g/mol. The summed E-state index contributed by atoms with van der Waals surface area (Å²) < 4.78 is 13.2. The zero-order chi connectivity index (χ0) is 22.7. The van der Waals surface area contributed by atoms with E-state index in [1.165, 1.54) is 12.1 Å². The maximum Gasteiger partial charge on any atom is 0.225 e. The number of hydrogen-bond acceptors (Lipinski definition) is 4. The van der Waals surface area contributed by atoms with Crippen molar-refractivity contribution in [3.8, 4) is 0 Å². The zero-order valence-electron chi connectivity index (χ0n) is 18.8. The van der Waals surface area contributed by atoms with Gasteiger partial charge in [0.05, 0.1) is 0 Å². The Morgan fingerprint density at radius 2 is 1.72 bits per heavy atom. The Morgan fingerprint density at radius 3 is 2.41 bits per heavy atom. The highest BCUT2D eigenvalue weighted by molar-refractivity contribution is 5.80. The molecule has 2 aromatic rings. The molecule has 0 aliphatic carbocycles. The van der Waals surface area contributed by atoms with Crippen LogP contribution in [0.1, 0.15) is 49.9 Å². The standard InChI is InChI=1S/C25H31FN4O2/c1-17-14-23(28-22-7-5-21(26)6-8-22)15-24(27-17)20-4-3-11-30(16-20)25(32)19-9-12-29(13-10-19)18(2)31/h5-8,14-15,19-20H,3-4,9-13,16H2,1-2H3,(H,27,28)/t20-/m1/s1. The molecule has 4 rings (SSSR count). The Kier molecular flexibility index (Phi) is 6.72. The molecule has 1 N–H and O–H groups in total. The first-order valence-corrected chi connectivity index (χ1v) is 11.4. The number of carbonyl (C=O) groups is 2. The van der Waals surface area contributed by atoms with E-state index in [-0.39, 0.29) is 29.5 Å². The summed E-state index contributed by atoms with van der Waals surface area (Å²) >= 11 is 0. The minimum atomic E-state index is -0.263. The SMILES string of the molecule is CC(=O)N1CCC(C(=O)N2CCC[C@@H](c3cc(Nc4ccc(F)cc4)cc(C)n3)C2)CC1. The van der Waals surface area contributed by atoms with Gasteiger partial charge in [-0.1, -0.05) is 0 Å². The van der Waals surface area contributed by atoms with Crippen LogP contribution >= 0.6 is 0 Å². The quantitative estimate of drug-likeness (QED) is 0.776. The molecule has 2 fully saturated rings. The highest BCUT2D eigenvalue weighted by atomic mass is 19.1. The summed E-state index contributed by atoms with van der Waals surface area (Å²) in [7, 11) is 0. The molecule has 3 heterocycles. The van der Waals surface area contributed by atoms with E-state index in [9.17, 15) is 14.0 Å². The average Bonchev–Trinajstić information content (AvgIpc) is 2.80. The van der Waals surface area contributed by atoms with Gasteiger partial charge in [0.15, 0.2) is 0 Å². The first-order valence-electron chi connectivity index (χ1n) is 11.4. The fourth-order valence-corrected chi connectivity index (χ4v) is 4.79. The summed E-state index contributed by atoms with van der Waals surface area (Å²) in [4.78, 5) is 33.3.